The van der Waals surface area contributed by atoms with Crippen LogP contribution in [-0.4, -0.2) is 22.4 Å². The molecule has 0 bridgehead atoms. The Morgan fingerprint density at radius 1 is 1.41 bits per heavy atom. The molecule has 0 radical (unpaired) electrons. The number of carbonyl (C=O) groups excluding carboxylic acids is 1. The number of fused-ring (bicyclic) bond motifs is 1. The molecule has 7 heteroatoms. The molecule has 1 aliphatic heterocycles. The third kappa shape index (κ3) is 2.69. The van der Waals surface area contributed by atoms with Crippen molar-refractivity contribution in [2.24, 2.45) is 0 Å². The lowest BCUT2D eigenvalue weighted by molar-refractivity contribution is -0.114. The maximum Gasteiger partial charge on any atom is 0.221 e. The molecule has 22 heavy (non-hydrogen) atoms. The monoisotopic (exact) mass is 317 g/mol. The molecule has 2 heterocycles. The van der Waals surface area contributed by atoms with Crippen LogP contribution >= 0.6 is 11.6 Å². The van der Waals surface area contributed by atoms with Crippen molar-refractivity contribution < 1.29 is 4.79 Å². The van der Waals surface area contributed by atoms with Crippen molar-refractivity contribution in [2.75, 3.05) is 22.5 Å². The number of nitrogens with zero attached hydrogens (tertiary/aromatic N) is 3. The number of halogens is 1. The number of hydrogen-bond donors (Lipinski definition) is 2. The Morgan fingerprint density at radius 2 is 2.23 bits per heavy atom. The van der Waals surface area contributed by atoms with Crippen LogP contribution in [0.25, 0.3) is 0 Å². The van der Waals surface area contributed by atoms with E-state index in [9.17, 15) is 4.79 Å². The quantitative estimate of drug-likeness (QED) is 0.887. The van der Waals surface area contributed by atoms with E-state index in [2.05, 4.69) is 20.2 Å². The van der Waals surface area contributed by atoms with Crippen LogP contribution in [0.3, 0.4) is 0 Å². The molecule has 0 fully saturated rings. The maximum absolute atomic E-state index is 11.3. The predicted molar refractivity (Wildman–Crippen MR) is 87.0 cm³/mol. The maximum atomic E-state index is 11.3. The highest BCUT2D eigenvalue weighted by Crippen LogP contribution is 2.32. The molecule has 1 aromatic heterocycles. The molecule has 0 aliphatic carbocycles. The van der Waals surface area contributed by atoms with Gasteiger partial charge in [0.15, 0.2) is 5.82 Å². The van der Waals surface area contributed by atoms with E-state index in [1.165, 1.54) is 13.3 Å². The van der Waals surface area contributed by atoms with E-state index in [0.29, 0.717) is 17.4 Å². The lowest BCUT2D eigenvalue weighted by Gasteiger charge is -2.31. The third-order valence-electron chi connectivity index (χ3n) is 3.67. The molecule has 0 atom stereocenters. The van der Waals surface area contributed by atoms with Crippen LogP contribution in [-0.2, 0) is 17.8 Å². The van der Waals surface area contributed by atoms with Crippen LogP contribution in [0.2, 0.25) is 5.02 Å². The van der Waals surface area contributed by atoms with E-state index in [1.54, 1.807) is 0 Å². The second kappa shape index (κ2) is 5.81. The van der Waals surface area contributed by atoms with Gasteiger partial charge in [0.05, 0.1) is 0 Å². The molecule has 1 aliphatic rings. The highest BCUT2D eigenvalue weighted by molar-refractivity contribution is 6.35. The number of benzene rings is 1. The molecule has 114 valence electrons. The van der Waals surface area contributed by atoms with Gasteiger partial charge in [-0.3, -0.25) is 4.79 Å². The van der Waals surface area contributed by atoms with Crippen molar-refractivity contribution in [2.45, 2.75) is 19.9 Å². The summed E-state index contributed by atoms with van der Waals surface area (Å²) in [5.41, 5.74) is 8.92. The summed E-state index contributed by atoms with van der Waals surface area (Å²) in [6.07, 6.45) is 2.21. The molecule has 1 amide bonds. The van der Waals surface area contributed by atoms with E-state index >= 15 is 0 Å². The number of aromatic nitrogens is 2. The van der Waals surface area contributed by atoms with Gasteiger partial charge in [-0.1, -0.05) is 23.7 Å². The summed E-state index contributed by atoms with van der Waals surface area (Å²) < 4.78 is 0. The highest BCUT2D eigenvalue weighted by Gasteiger charge is 2.22. The first-order valence-electron chi connectivity index (χ1n) is 6.95. The summed E-state index contributed by atoms with van der Waals surface area (Å²) in [4.78, 5) is 21.5. The number of nitrogen functional groups attached to an aromatic ring is 1. The van der Waals surface area contributed by atoms with E-state index in [1.807, 2.05) is 18.2 Å². The Balaban J connectivity index is 1.91. The zero-order valence-electron chi connectivity index (χ0n) is 12.1. The number of carbonyl (C=O) groups is 1. The number of amides is 1. The summed E-state index contributed by atoms with van der Waals surface area (Å²) in [6.45, 7) is 2.93. The zero-order chi connectivity index (χ0) is 15.7. The van der Waals surface area contributed by atoms with Crippen molar-refractivity contribution in [3.63, 3.8) is 0 Å². The minimum atomic E-state index is -0.0672. The Morgan fingerprint density at radius 3 is 3.00 bits per heavy atom. The van der Waals surface area contributed by atoms with Crippen molar-refractivity contribution in [1.82, 2.24) is 9.97 Å². The van der Waals surface area contributed by atoms with Gasteiger partial charge in [-0.25, -0.2) is 9.97 Å². The van der Waals surface area contributed by atoms with E-state index in [-0.39, 0.29) is 11.7 Å². The molecule has 6 nitrogen and oxygen atoms in total. The first kappa shape index (κ1) is 14.6. The van der Waals surface area contributed by atoms with Gasteiger partial charge in [0, 0.05) is 25.7 Å². The molecular weight excluding hydrogens is 302 g/mol. The summed E-state index contributed by atoms with van der Waals surface area (Å²) in [5.74, 6) is 0.858. The average Bonchev–Trinajstić information content (AvgIpc) is 2.49. The van der Waals surface area contributed by atoms with Crippen molar-refractivity contribution in [3.8, 4) is 0 Å². The van der Waals surface area contributed by atoms with E-state index in [4.69, 9.17) is 17.3 Å². The Kier molecular flexibility index (Phi) is 3.85. The minimum absolute atomic E-state index is 0.0672. The molecule has 0 spiro atoms. The van der Waals surface area contributed by atoms with E-state index < -0.39 is 0 Å². The number of hydrogen-bond acceptors (Lipinski definition) is 5. The standard InChI is InChI=1S/C15H16ClN5O/c1-9(22)20-12-4-2-3-10-7-21(6-5-11(10)12)15-13(16)14(17)18-8-19-15/h2-4,8H,5-7H2,1H3,(H,20,22)(H2,17,18,19). The SMILES string of the molecule is CC(=O)Nc1cccc2c1CCN(c1ncnc(N)c1Cl)C2. The van der Waals surface area contributed by atoms with Crippen LogP contribution in [0.15, 0.2) is 24.5 Å². The second-order valence-electron chi connectivity index (χ2n) is 5.19. The molecule has 2 aromatic rings. The summed E-state index contributed by atoms with van der Waals surface area (Å²) in [5, 5.41) is 3.26. The summed E-state index contributed by atoms with van der Waals surface area (Å²) in [6, 6.07) is 5.90. The third-order valence-corrected chi connectivity index (χ3v) is 4.04. The molecule has 0 saturated carbocycles. The lowest BCUT2D eigenvalue weighted by atomic mass is 9.97. The number of rotatable bonds is 2. The number of nitrogens with two attached hydrogens (primary N) is 1. The van der Waals surface area contributed by atoms with Crippen molar-refractivity contribution >= 4 is 34.8 Å². The normalized spacial score (nSPS) is 13.6. The fourth-order valence-electron chi connectivity index (χ4n) is 2.69. The topological polar surface area (TPSA) is 84.1 Å². The Hall–Kier alpha value is -2.34. The Bertz CT molecular complexity index is 734. The van der Waals surface area contributed by atoms with Crippen LogP contribution in [0.4, 0.5) is 17.3 Å². The Labute approximate surface area is 133 Å². The highest BCUT2D eigenvalue weighted by atomic mass is 35.5. The van der Waals surface area contributed by atoms with Gasteiger partial charge in [-0.05, 0) is 23.6 Å². The smallest absolute Gasteiger partial charge is 0.221 e. The fraction of sp³-hybridized carbons (Fsp3) is 0.267. The van der Waals surface area contributed by atoms with Crippen molar-refractivity contribution in [1.29, 1.82) is 0 Å². The molecule has 3 N–H and O–H groups in total. The van der Waals surface area contributed by atoms with E-state index in [0.717, 1.165) is 29.8 Å². The number of anilines is 3. The molecule has 0 saturated heterocycles. The summed E-state index contributed by atoms with van der Waals surface area (Å²) >= 11 is 6.21. The average molecular weight is 318 g/mol. The van der Waals surface area contributed by atoms with Gasteiger partial charge in [-0.15, -0.1) is 0 Å². The van der Waals surface area contributed by atoms with Crippen LogP contribution in [0.5, 0.6) is 0 Å². The minimum Gasteiger partial charge on any atom is -0.382 e. The van der Waals surface area contributed by atoms with Gasteiger partial charge in [0.1, 0.15) is 17.2 Å². The molecule has 3 rings (SSSR count). The van der Waals surface area contributed by atoms with Gasteiger partial charge in [0.25, 0.3) is 0 Å². The first-order chi connectivity index (χ1) is 10.6. The fourth-order valence-corrected chi connectivity index (χ4v) is 2.91. The van der Waals surface area contributed by atoms with Crippen LogP contribution in [0, 0.1) is 0 Å². The molecular formula is C15H16ClN5O. The van der Waals surface area contributed by atoms with Crippen molar-refractivity contribution in [3.05, 3.63) is 40.7 Å². The molecule has 1 aromatic carbocycles. The van der Waals surface area contributed by atoms with Crippen LogP contribution in [0.1, 0.15) is 18.1 Å². The largest absolute Gasteiger partial charge is 0.382 e. The molecule has 0 unspecified atom stereocenters. The summed E-state index contributed by atoms with van der Waals surface area (Å²) in [7, 11) is 0. The predicted octanol–water partition coefficient (Wildman–Crippen LogP) is 2.23. The zero-order valence-corrected chi connectivity index (χ0v) is 12.9. The van der Waals surface area contributed by atoms with Gasteiger partial charge < -0.3 is 16.0 Å². The lowest BCUT2D eigenvalue weighted by Crippen LogP contribution is -2.32. The van der Waals surface area contributed by atoms with Gasteiger partial charge in [0.2, 0.25) is 5.91 Å². The number of nitrogens with one attached hydrogen (secondary N) is 1. The van der Waals surface area contributed by atoms with Gasteiger partial charge in [-0.2, -0.15) is 0 Å². The van der Waals surface area contributed by atoms with Crippen LogP contribution < -0.4 is 16.0 Å². The first-order valence-corrected chi connectivity index (χ1v) is 7.33. The second-order valence-corrected chi connectivity index (χ2v) is 5.57. The van der Waals surface area contributed by atoms with Gasteiger partial charge >= 0.3 is 0 Å².